The first-order valence-electron chi connectivity index (χ1n) is 3.73. The first-order chi connectivity index (χ1) is 5.95. The molecule has 76 valence electrons. The molecule has 4 nitrogen and oxygen atoms in total. The Hall–Kier alpha value is -1.58. The highest BCUT2D eigenvalue weighted by Crippen LogP contribution is 1.56. The predicted molar refractivity (Wildman–Crippen MR) is 53.2 cm³/mol. The summed E-state index contributed by atoms with van der Waals surface area (Å²) in [5.74, 6) is -1.46. The molecule has 0 saturated carbocycles. The van der Waals surface area contributed by atoms with Crippen LogP contribution in [0.3, 0.4) is 0 Å². The van der Waals surface area contributed by atoms with Crippen LogP contribution in [0.25, 0.3) is 0 Å². The molecular formula is C9H17NO3. The minimum Gasteiger partial charge on any atom is -0.478 e. The second-order valence-corrected chi connectivity index (χ2v) is 1.86. The summed E-state index contributed by atoms with van der Waals surface area (Å²) in [6.45, 7) is 10.3. The summed E-state index contributed by atoms with van der Waals surface area (Å²) in [5, 5.41) is 7.60. The van der Waals surface area contributed by atoms with Gasteiger partial charge >= 0.3 is 5.97 Å². The van der Waals surface area contributed by atoms with Gasteiger partial charge in [0.1, 0.15) is 0 Å². The van der Waals surface area contributed by atoms with Crippen LogP contribution in [0, 0.1) is 0 Å². The molecule has 0 atom stereocenters. The van der Waals surface area contributed by atoms with E-state index in [1.165, 1.54) is 6.42 Å². The van der Waals surface area contributed by atoms with E-state index in [-0.39, 0.29) is 0 Å². The monoisotopic (exact) mass is 187 g/mol. The standard InChI is InChI=1S/C3H5NO.C3H4O2.C3H8/c2*1-2-3(4)5;1-3-2/h2H,1H2,(H2,4,5);2H,1H2,(H,4,5);3H2,1-2H3. The van der Waals surface area contributed by atoms with Crippen LogP contribution in [-0.2, 0) is 9.59 Å². The number of primary amides is 1. The highest BCUT2D eigenvalue weighted by atomic mass is 16.4. The van der Waals surface area contributed by atoms with E-state index in [4.69, 9.17) is 5.11 Å². The molecule has 0 radical (unpaired) electrons. The fraction of sp³-hybridized carbons (Fsp3) is 0.333. The molecule has 0 unspecified atom stereocenters. The van der Waals surface area contributed by atoms with E-state index in [1.807, 2.05) is 0 Å². The molecule has 0 fully saturated rings. The zero-order chi connectivity index (χ0) is 11.3. The second-order valence-electron chi connectivity index (χ2n) is 1.86. The lowest BCUT2D eigenvalue weighted by Gasteiger charge is -1.65. The lowest BCUT2D eigenvalue weighted by molar-refractivity contribution is -0.131. The van der Waals surface area contributed by atoms with Crippen molar-refractivity contribution in [2.24, 2.45) is 5.73 Å². The van der Waals surface area contributed by atoms with Gasteiger partial charge in [0, 0.05) is 6.08 Å². The lowest BCUT2D eigenvalue weighted by Crippen LogP contribution is -2.04. The fourth-order valence-corrected chi connectivity index (χ4v) is 0. The van der Waals surface area contributed by atoms with Crippen LogP contribution in [0.15, 0.2) is 25.3 Å². The van der Waals surface area contributed by atoms with E-state index < -0.39 is 11.9 Å². The minimum atomic E-state index is -0.981. The largest absolute Gasteiger partial charge is 0.478 e. The summed E-state index contributed by atoms with van der Waals surface area (Å²) in [6.07, 6.45) is 3.14. The fourth-order valence-electron chi connectivity index (χ4n) is 0. The highest BCUT2D eigenvalue weighted by Gasteiger charge is 1.73. The summed E-state index contributed by atoms with van der Waals surface area (Å²) in [5.41, 5.74) is 4.53. The van der Waals surface area contributed by atoms with E-state index in [2.05, 4.69) is 32.7 Å². The Morgan fingerprint density at radius 2 is 1.46 bits per heavy atom. The molecule has 0 spiro atoms. The van der Waals surface area contributed by atoms with Crippen LogP contribution in [0.2, 0.25) is 0 Å². The average Bonchev–Trinajstić information content (AvgIpc) is 2.07. The Kier molecular flexibility index (Phi) is 22.6. The minimum absolute atomic E-state index is 0.481. The summed E-state index contributed by atoms with van der Waals surface area (Å²) in [4.78, 5) is 18.7. The number of carboxylic acid groups (broad SMARTS) is 1. The maximum Gasteiger partial charge on any atom is 0.327 e. The summed E-state index contributed by atoms with van der Waals surface area (Å²) in [6, 6.07) is 0. The number of aliphatic carboxylic acids is 1. The summed E-state index contributed by atoms with van der Waals surface area (Å²) < 4.78 is 0. The third kappa shape index (κ3) is 126. The predicted octanol–water partition coefficient (Wildman–Crippen LogP) is 1.33. The third-order valence-electron chi connectivity index (χ3n) is 0.376. The van der Waals surface area contributed by atoms with Crippen LogP contribution >= 0.6 is 0 Å². The SMILES string of the molecule is C=CC(=O)O.C=CC(N)=O.CCC. The number of carbonyl (C=O) groups excluding carboxylic acids is 1. The van der Waals surface area contributed by atoms with E-state index >= 15 is 0 Å². The van der Waals surface area contributed by atoms with E-state index in [1.54, 1.807) is 0 Å². The molecule has 1 amide bonds. The number of rotatable bonds is 2. The molecule has 0 aliphatic carbocycles. The Labute approximate surface area is 78.7 Å². The maximum atomic E-state index is 9.47. The molecule has 4 heteroatoms. The molecule has 0 aromatic carbocycles. The topological polar surface area (TPSA) is 80.4 Å². The van der Waals surface area contributed by atoms with Gasteiger partial charge in [0.15, 0.2) is 0 Å². The van der Waals surface area contributed by atoms with Crippen LogP contribution in [0.5, 0.6) is 0 Å². The maximum absolute atomic E-state index is 9.47. The smallest absolute Gasteiger partial charge is 0.327 e. The van der Waals surface area contributed by atoms with Gasteiger partial charge in [-0.05, 0) is 6.08 Å². The lowest BCUT2D eigenvalue weighted by atomic mass is 10.6. The number of hydrogen-bond donors (Lipinski definition) is 2. The van der Waals surface area contributed by atoms with Crippen molar-refractivity contribution in [1.29, 1.82) is 0 Å². The van der Waals surface area contributed by atoms with Crippen LogP contribution in [-0.4, -0.2) is 17.0 Å². The van der Waals surface area contributed by atoms with Crippen LogP contribution in [0.4, 0.5) is 0 Å². The molecule has 0 rings (SSSR count). The molecular weight excluding hydrogens is 170 g/mol. The highest BCUT2D eigenvalue weighted by molar-refractivity contribution is 5.84. The molecule has 0 saturated heterocycles. The Balaban J connectivity index is -0.000000120. The Bertz CT molecular complexity index is 146. The number of carbonyl (C=O) groups is 2. The zero-order valence-electron chi connectivity index (χ0n) is 8.12. The Morgan fingerprint density at radius 1 is 1.31 bits per heavy atom. The molecule has 0 heterocycles. The summed E-state index contributed by atoms with van der Waals surface area (Å²) >= 11 is 0. The number of hydrogen-bond acceptors (Lipinski definition) is 2. The van der Waals surface area contributed by atoms with Gasteiger partial charge in [-0.3, -0.25) is 4.79 Å². The first-order valence-corrected chi connectivity index (χ1v) is 3.73. The van der Waals surface area contributed by atoms with Crippen molar-refractivity contribution in [3.05, 3.63) is 25.3 Å². The van der Waals surface area contributed by atoms with Gasteiger partial charge in [-0.15, -0.1) is 0 Å². The molecule has 0 aromatic heterocycles. The van der Waals surface area contributed by atoms with Crippen LogP contribution in [0.1, 0.15) is 20.3 Å². The van der Waals surface area contributed by atoms with Gasteiger partial charge in [-0.25, -0.2) is 4.79 Å². The van der Waals surface area contributed by atoms with Gasteiger partial charge in [0.25, 0.3) is 0 Å². The van der Waals surface area contributed by atoms with Crippen molar-refractivity contribution in [2.45, 2.75) is 20.3 Å². The van der Waals surface area contributed by atoms with Gasteiger partial charge in [0.05, 0.1) is 0 Å². The number of carboxylic acids is 1. The quantitative estimate of drug-likeness (QED) is 0.640. The van der Waals surface area contributed by atoms with Gasteiger partial charge in [-0.2, -0.15) is 0 Å². The molecule has 0 aliphatic heterocycles. The third-order valence-corrected chi connectivity index (χ3v) is 0.376. The Morgan fingerprint density at radius 3 is 1.46 bits per heavy atom. The van der Waals surface area contributed by atoms with Crippen molar-refractivity contribution in [3.8, 4) is 0 Å². The van der Waals surface area contributed by atoms with Crippen molar-refractivity contribution < 1.29 is 14.7 Å². The first kappa shape index (κ1) is 17.5. The zero-order valence-corrected chi connectivity index (χ0v) is 8.12. The van der Waals surface area contributed by atoms with E-state index in [0.29, 0.717) is 0 Å². The molecule has 0 aliphatic rings. The number of amides is 1. The normalized spacial score (nSPS) is 6.31. The number of nitrogens with two attached hydrogens (primary N) is 1. The van der Waals surface area contributed by atoms with E-state index in [9.17, 15) is 9.59 Å². The van der Waals surface area contributed by atoms with Gasteiger partial charge in [-0.1, -0.05) is 33.4 Å². The van der Waals surface area contributed by atoms with E-state index in [0.717, 1.165) is 12.2 Å². The molecule has 13 heavy (non-hydrogen) atoms. The van der Waals surface area contributed by atoms with Crippen molar-refractivity contribution >= 4 is 11.9 Å². The average molecular weight is 187 g/mol. The molecule has 0 aromatic rings. The van der Waals surface area contributed by atoms with Gasteiger partial charge in [0.2, 0.25) is 5.91 Å². The van der Waals surface area contributed by atoms with Gasteiger partial charge < -0.3 is 10.8 Å². The molecule has 0 bridgehead atoms. The van der Waals surface area contributed by atoms with Crippen molar-refractivity contribution in [2.75, 3.05) is 0 Å². The molecule has 3 N–H and O–H groups in total. The van der Waals surface area contributed by atoms with Crippen molar-refractivity contribution in [1.82, 2.24) is 0 Å². The van der Waals surface area contributed by atoms with Crippen LogP contribution < -0.4 is 5.73 Å². The summed E-state index contributed by atoms with van der Waals surface area (Å²) in [7, 11) is 0. The van der Waals surface area contributed by atoms with Crippen molar-refractivity contribution in [3.63, 3.8) is 0 Å². The second kappa shape index (κ2) is 16.8.